The molecule has 10 nitrogen and oxygen atoms in total. The Hall–Kier alpha value is -3.82. The van der Waals surface area contributed by atoms with E-state index in [9.17, 15) is 10.1 Å². The second-order valence-corrected chi connectivity index (χ2v) is 5.14. The lowest BCUT2D eigenvalue weighted by molar-refractivity contribution is -0.384. The maximum Gasteiger partial charge on any atom is 0.269 e. The van der Waals surface area contributed by atoms with Crippen LogP contribution in [0.4, 0.5) is 11.4 Å². The van der Waals surface area contributed by atoms with Gasteiger partial charge in [0.1, 0.15) is 5.75 Å². The van der Waals surface area contributed by atoms with Gasteiger partial charge in [0.25, 0.3) is 5.69 Å². The van der Waals surface area contributed by atoms with Crippen LogP contribution in [0, 0.1) is 10.1 Å². The quantitative estimate of drug-likeness (QED) is 0.393. The van der Waals surface area contributed by atoms with Crippen LogP contribution in [-0.4, -0.2) is 38.5 Å². The van der Waals surface area contributed by atoms with Crippen molar-refractivity contribution in [1.82, 2.24) is 20.2 Å². The van der Waals surface area contributed by atoms with Gasteiger partial charge in [0.05, 0.1) is 23.4 Å². The van der Waals surface area contributed by atoms with Crippen LogP contribution >= 0.6 is 0 Å². The van der Waals surface area contributed by atoms with E-state index in [2.05, 4.69) is 26.1 Å². The van der Waals surface area contributed by atoms with E-state index in [-0.39, 0.29) is 5.69 Å². The number of nitrogens with zero attached hydrogens (tertiary/aromatic N) is 6. The molecule has 1 aromatic heterocycles. The van der Waals surface area contributed by atoms with Crippen molar-refractivity contribution in [3.63, 3.8) is 0 Å². The van der Waals surface area contributed by atoms with Crippen molar-refractivity contribution < 1.29 is 9.66 Å². The van der Waals surface area contributed by atoms with Gasteiger partial charge < -0.3 is 4.74 Å². The first-order valence-electron chi connectivity index (χ1n) is 7.61. The Morgan fingerprint density at radius 2 is 1.96 bits per heavy atom. The van der Waals surface area contributed by atoms with Crippen LogP contribution in [0.3, 0.4) is 0 Å². The van der Waals surface area contributed by atoms with Crippen LogP contribution in [0.25, 0.3) is 5.69 Å². The number of hydrogen-bond acceptors (Lipinski definition) is 8. The predicted octanol–water partition coefficient (Wildman–Crippen LogP) is 2.22. The SMILES string of the molecule is COc1ccc(-n2nnnc2C/C=N\Nc2ccc([N+](=O)[O-])cc2)cc1. The fraction of sp³-hybridized carbons (Fsp3) is 0.125. The number of nitrogens with one attached hydrogen (secondary N) is 1. The van der Waals surface area contributed by atoms with Gasteiger partial charge in [-0.25, -0.2) is 0 Å². The van der Waals surface area contributed by atoms with Gasteiger partial charge in [0, 0.05) is 24.8 Å². The summed E-state index contributed by atoms with van der Waals surface area (Å²) in [5.74, 6) is 1.36. The average Bonchev–Trinajstić information content (AvgIpc) is 3.14. The number of non-ortho nitro benzene ring substituents is 1. The second-order valence-electron chi connectivity index (χ2n) is 5.14. The number of anilines is 1. The summed E-state index contributed by atoms with van der Waals surface area (Å²) >= 11 is 0. The molecule has 132 valence electrons. The van der Waals surface area contributed by atoms with Gasteiger partial charge in [-0.2, -0.15) is 9.78 Å². The minimum Gasteiger partial charge on any atom is -0.497 e. The van der Waals surface area contributed by atoms with Crippen molar-refractivity contribution in [2.45, 2.75) is 6.42 Å². The van der Waals surface area contributed by atoms with E-state index < -0.39 is 4.92 Å². The summed E-state index contributed by atoms with van der Waals surface area (Å²) in [6.45, 7) is 0. The Labute approximate surface area is 148 Å². The highest BCUT2D eigenvalue weighted by Gasteiger charge is 2.07. The topological polar surface area (TPSA) is 120 Å². The summed E-state index contributed by atoms with van der Waals surface area (Å²) in [4.78, 5) is 10.2. The van der Waals surface area contributed by atoms with Crippen molar-refractivity contribution in [1.29, 1.82) is 0 Å². The summed E-state index contributed by atoms with van der Waals surface area (Å²) in [6, 6.07) is 13.3. The number of ether oxygens (including phenoxy) is 1. The zero-order chi connectivity index (χ0) is 18.4. The fourth-order valence-corrected chi connectivity index (χ4v) is 2.16. The molecule has 0 spiro atoms. The molecule has 1 N–H and O–H groups in total. The Morgan fingerprint density at radius 3 is 2.62 bits per heavy atom. The molecule has 0 radical (unpaired) electrons. The largest absolute Gasteiger partial charge is 0.497 e. The van der Waals surface area contributed by atoms with E-state index in [0.29, 0.717) is 17.9 Å². The van der Waals surface area contributed by atoms with Gasteiger partial charge in [0.2, 0.25) is 0 Å². The molecule has 0 fully saturated rings. The normalized spacial score (nSPS) is 10.8. The molecule has 0 aliphatic rings. The van der Waals surface area contributed by atoms with Crippen LogP contribution in [0.15, 0.2) is 53.6 Å². The molecular weight excluding hydrogens is 338 g/mol. The monoisotopic (exact) mass is 353 g/mol. The van der Waals surface area contributed by atoms with E-state index in [0.717, 1.165) is 11.4 Å². The molecule has 0 saturated heterocycles. The predicted molar refractivity (Wildman–Crippen MR) is 94.6 cm³/mol. The summed E-state index contributed by atoms with van der Waals surface area (Å²) in [5, 5.41) is 26.3. The minimum atomic E-state index is -0.452. The van der Waals surface area contributed by atoms with Gasteiger partial charge in [-0.3, -0.25) is 15.5 Å². The highest BCUT2D eigenvalue weighted by molar-refractivity contribution is 5.62. The standard InChI is InChI=1S/C16H15N7O3/c1-26-15-8-6-13(7-9-15)22-16(19-20-21-22)10-11-17-18-12-2-4-14(5-3-12)23(24)25/h2-9,11,18H,10H2,1H3/b17-11-. The van der Waals surface area contributed by atoms with Crippen LogP contribution < -0.4 is 10.2 Å². The summed E-state index contributed by atoms with van der Waals surface area (Å²) in [6.07, 6.45) is 2.02. The molecule has 0 amide bonds. The van der Waals surface area contributed by atoms with E-state index in [1.54, 1.807) is 30.1 Å². The molecule has 2 aromatic carbocycles. The highest BCUT2D eigenvalue weighted by atomic mass is 16.6. The Bertz CT molecular complexity index is 904. The summed E-state index contributed by atoms with van der Waals surface area (Å²) in [7, 11) is 1.60. The lowest BCUT2D eigenvalue weighted by Crippen LogP contribution is -2.04. The van der Waals surface area contributed by atoms with Gasteiger partial charge in [-0.15, -0.1) is 5.10 Å². The Kier molecular flexibility index (Phi) is 5.13. The molecule has 0 atom stereocenters. The van der Waals surface area contributed by atoms with Crippen molar-refractivity contribution in [3.8, 4) is 11.4 Å². The van der Waals surface area contributed by atoms with Crippen LogP contribution in [0.1, 0.15) is 5.82 Å². The molecule has 0 unspecified atom stereocenters. The highest BCUT2D eigenvalue weighted by Crippen LogP contribution is 2.16. The van der Waals surface area contributed by atoms with E-state index in [1.807, 2.05) is 24.3 Å². The molecule has 3 rings (SSSR count). The molecule has 26 heavy (non-hydrogen) atoms. The zero-order valence-electron chi connectivity index (χ0n) is 13.8. The maximum atomic E-state index is 10.6. The molecule has 10 heteroatoms. The fourth-order valence-electron chi connectivity index (χ4n) is 2.16. The Morgan fingerprint density at radius 1 is 1.23 bits per heavy atom. The van der Waals surface area contributed by atoms with Crippen LogP contribution in [-0.2, 0) is 6.42 Å². The average molecular weight is 353 g/mol. The molecule has 0 saturated carbocycles. The van der Waals surface area contributed by atoms with Crippen molar-refractivity contribution >= 4 is 17.6 Å². The van der Waals surface area contributed by atoms with E-state index >= 15 is 0 Å². The van der Waals surface area contributed by atoms with E-state index in [4.69, 9.17) is 4.74 Å². The first-order valence-corrected chi connectivity index (χ1v) is 7.61. The van der Waals surface area contributed by atoms with Gasteiger partial charge in [0.15, 0.2) is 5.82 Å². The number of benzene rings is 2. The van der Waals surface area contributed by atoms with Gasteiger partial charge >= 0.3 is 0 Å². The molecular formula is C16H15N7O3. The number of hydrazone groups is 1. The number of hydrogen-bond donors (Lipinski definition) is 1. The van der Waals surface area contributed by atoms with Crippen molar-refractivity contribution in [2.75, 3.05) is 12.5 Å². The first-order chi connectivity index (χ1) is 12.7. The molecule has 0 bridgehead atoms. The van der Waals surface area contributed by atoms with E-state index in [1.165, 1.54) is 12.1 Å². The molecule has 0 aliphatic carbocycles. The van der Waals surface area contributed by atoms with Crippen molar-refractivity contribution in [2.24, 2.45) is 5.10 Å². The van der Waals surface area contributed by atoms with Crippen LogP contribution in [0.2, 0.25) is 0 Å². The maximum absolute atomic E-state index is 10.6. The first kappa shape index (κ1) is 17.0. The lowest BCUT2D eigenvalue weighted by Gasteiger charge is -2.04. The van der Waals surface area contributed by atoms with Crippen molar-refractivity contribution in [3.05, 3.63) is 64.5 Å². The third kappa shape index (κ3) is 3.98. The number of aromatic nitrogens is 4. The second kappa shape index (κ2) is 7.83. The Balaban J connectivity index is 1.62. The summed E-state index contributed by atoms with van der Waals surface area (Å²) in [5.41, 5.74) is 4.27. The molecule has 0 aliphatic heterocycles. The number of methoxy groups -OCH3 is 1. The summed E-state index contributed by atoms with van der Waals surface area (Å²) < 4.78 is 6.74. The number of nitro groups is 1. The van der Waals surface area contributed by atoms with Crippen LogP contribution in [0.5, 0.6) is 5.75 Å². The number of nitro benzene ring substituents is 1. The zero-order valence-corrected chi connectivity index (χ0v) is 13.8. The molecule has 1 heterocycles. The smallest absolute Gasteiger partial charge is 0.269 e. The van der Waals surface area contributed by atoms with Gasteiger partial charge in [-0.1, -0.05) is 0 Å². The molecule has 3 aromatic rings. The number of tetrazole rings is 1. The van der Waals surface area contributed by atoms with Gasteiger partial charge in [-0.05, 0) is 46.8 Å². The minimum absolute atomic E-state index is 0.0261. The third-order valence-electron chi connectivity index (χ3n) is 3.49. The third-order valence-corrected chi connectivity index (χ3v) is 3.49. The lowest BCUT2D eigenvalue weighted by atomic mass is 10.3. The number of rotatable bonds is 7.